The minimum atomic E-state index is -4.56. The van der Waals surface area contributed by atoms with E-state index in [0.29, 0.717) is 5.69 Å². The summed E-state index contributed by atoms with van der Waals surface area (Å²) in [5.74, 6) is 0.150. The normalized spacial score (nSPS) is 11.8. The molecule has 0 unspecified atom stereocenters. The molecule has 14 heavy (non-hydrogen) atoms. The highest BCUT2D eigenvalue weighted by atomic mass is 31.2. The Labute approximate surface area is 81.2 Å². The van der Waals surface area contributed by atoms with Crippen molar-refractivity contribution in [1.82, 2.24) is 9.97 Å². The predicted molar refractivity (Wildman–Crippen MR) is 48.8 cm³/mol. The molecule has 1 aromatic rings. The van der Waals surface area contributed by atoms with E-state index < -0.39 is 7.82 Å². The van der Waals surface area contributed by atoms with Gasteiger partial charge in [-0.3, -0.25) is 9.79 Å². The highest BCUT2D eigenvalue weighted by Crippen LogP contribution is 2.35. The first-order valence-electron chi connectivity index (χ1n) is 3.96. The molecule has 0 fully saturated rings. The Bertz CT molecular complexity index is 362. The SMILES string of the molecule is CC(C)c1ccnc(OP(=O)(O)O)n1. The van der Waals surface area contributed by atoms with Crippen molar-refractivity contribution < 1.29 is 18.9 Å². The third-order valence-corrected chi connectivity index (χ3v) is 1.85. The molecule has 0 amide bonds. The van der Waals surface area contributed by atoms with Crippen LogP contribution in [-0.4, -0.2) is 19.8 Å². The Kier molecular flexibility index (Phi) is 3.21. The molecule has 0 spiro atoms. The molecule has 2 N–H and O–H groups in total. The highest BCUT2D eigenvalue weighted by Gasteiger charge is 2.18. The van der Waals surface area contributed by atoms with E-state index in [1.807, 2.05) is 13.8 Å². The van der Waals surface area contributed by atoms with Gasteiger partial charge in [-0.25, -0.2) is 9.55 Å². The van der Waals surface area contributed by atoms with Crippen LogP contribution in [0.2, 0.25) is 0 Å². The van der Waals surface area contributed by atoms with Gasteiger partial charge in [0.1, 0.15) is 0 Å². The zero-order valence-electron chi connectivity index (χ0n) is 7.78. The Morgan fingerprint density at radius 1 is 1.50 bits per heavy atom. The fraction of sp³-hybridized carbons (Fsp3) is 0.429. The summed E-state index contributed by atoms with van der Waals surface area (Å²) in [6.07, 6.45) is 1.40. The molecule has 0 aliphatic carbocycles. The molecule has 6 nitrogen and oxygen atoms in total. The molecule has 0 aromatic carbocycles. The molecule has 0 bridgehead atoms. The van der Waals surface area contributed by atoms with Crippen molar-refractivity contribution in [2.45, 2.75) is 19.8 Å². The molecule has 0 aliphatic rings. The number of rotatable bonds is 3. The molecule has 1 rings (SSSR count). The second-order valence-corrected chi connectivity index (χ2v) is 4.16. The lowest BCUT2D eigenvalue weighted by atomic mass is 10.1. The minimum absolute atomic E-state index is 0.150. The van der Waals surface area contributed by atoms with Crippen LogP contribution in [0.3, 0.4) is 0 Å². The summed E-state index contributed by atoms with van der Waals surface area (Å²) in [5.41, 5.74) is 0.670. The third-order valence-electron chi connectivity index (χ3n) is 1.45. The van der Waals surface area contributed by atoms with Crippen LogP contribution in [0, 0.1) is 0 Å². The van der Waals surface area contributed by atoms with E-state index >= 15 is 0 Å². The van der Waals surface area contributed by atoms with Crippen molar-refractivity contribution in [3.05, 3.63) is 18.0 Å². The van der Waals surface area contributed by atoms with E-state index in [1.165, 1.54) is 6.20 Å². The Morgan fingerprint density at radius 3 is 2.64 bits per heavy atom. The lowest BCUT2D eigenvalue weighted by Gasteiger charge is -2.07. The quantitative estimate of drug-likeness (QED) is 0.737. The van der Waals surface area contributed by atoms with Crippen molar-refractivity contribution in [3.63, 3.8) is 0 Å². The third kappa shape index (κ3) is 3.41. The van der Waals surface area contributed by atoms with E-state index in [1.54, 1.807) is 6.07 Å². The van der Waals surface area contributed by atoms with Crippen LogP contribution >= 0.6 is 7.82 Å². The van der Waals surface area contributed by atoms with Crippen LogP contribution in [0.4, 0.5) is 0 Å². The zero-order valence-corrected chi connectivity index (χ0v) is 8.68. The molecule has 0 saturated heterocycles. The van der Waals surface area contributed by atoms with Crippen LogP contribution in [0.1, 0.15) is 25.5 Å². The maximum atomic E-state index is 10.5. The number of phosphoric ester groups is 1. The van der Waals surface area contributed by atoms with Crippen molar-refractivity contribution in [1.29, 1.82) is 0 Å². The molecule has 78 valence electrons. The lowest BCUT2D eigenvalue weighted by molar-refractivity contribution is 0.274. The molecule has 0 aliphatic heterocycles. The van der Waals surface area contributed by atoms with E-state index in [4.69, 9.17) is 9.79 Å². The van der Waals surface area contributed by atoms with Gasteiger partial charge in [-0.15, -0.1) is 0 Å². The molecule has 0 saturated carbocycles. The summed E-state index contributed by atoms with van der Waals surface area (Å²) in [6.45, 7) is 3.81. The summed E-state index contributed by atoms with van der Waals surface area (Å²) in [7, 11) is -4.56. The summed E-state index contributed by atoms with van der Waals surface area (Å²) >= 11 is 0. The van der Waals surface area contributed by atoms with Crippen LogP contribution < -0.4 is 4.52 Å². The van der Waals surface area contributed by atoms with Crippen molar-refractivity contribution >= 4 is 7.82 Å². The van der Waals surface area contributed by atoms with Gasteiger partial charge < -0.3 is 4.52 Å². The Balaban J connectivity index is 2.89. The second kappa shape index (κ2) is 4.04. The molecular formula is C7H11N2O4P. The van der Waals surface area contributed by atoms with Gasteiger partial charge in [0.2, 0.25) is 0 Å². The van der Waals surface area contributed by atoms with Crippen molar-refractivity contribution in [2.75, 3.05) is 0 Å². The van der Waals surface area contributed by atoms with Gasteiger partial charge in [0.15, 0.2) is 0 Å². The maximum Gasteiger partial charge on any atom is 0.527 e. The van der Waals surface area contributed by atoms with E-state index in [0.717, 1.165) is 0 Å². The van der Waals surface area contributed by atoms with Gasteiger partial charge in [-0.05, 0) is 12.0 Å². The van der Waals surface area contributed by atoms with Crippen LogP contribution in [0.25, 0.3) is 0 Å². The molecule has 0 atom stereocenters. The van der Waals surface area contributed by atoms with Crippen LogP contribution in [-0.2, 0) is 4.57 Å². The zero-order chi connectivity index (χ0) is 10.8. The van der Waals surface area contributed by atoms with Gasteiger partial charge in [0, 0.05) is 6.20 Å². The largest absolute Gasteiger partial charge is 0.527 e. The smallest absolute Gasteiger partial charge is 0.368 e. The number of aromatic nitrogens is 2. The monoisotopic (exact) mass is 218 g/mol. The minimum Gasteiger partial charge on any atom is -0.368 e. The van der Waals surface area contributed by atoms with Gasteiger partial charge in [-0.2, -0.15) is 4.98 Å². The maximum absolute atomic E-state index is 10.5. The number of nitrogens with zero attached hydrogens (tertiary/aromatic N) is 2. The van der Waals surface area contributed by atoms with E-state index in [-0.39, 0.29) is 11.9 Å². The second-order valence-electron chi connectivity index (χ2n) is 3.00. The number of hydrogen-bond donors (Lipinski definition) is 2. The fourth-order valence-electron chi connectivity index (χ4n) is 0.826. The predicted octanol–water partition coefficient (Wildman–Crippen LogP) is 1.07. The van der Waals surface area contributed by atoms with Crippen LogP contribution in [0.5, 0.6) is 6.01 Å². The van der Waals surface area contributed by atoms with Crippen molar-refractivity contribution in [3.8, 4) is 6.01 Å². The van der Waals surface area contributed by atoms with Crippen LogP contribution in [0.15, 0.2) is 12.3 Å². The Morgan fingerprint density at radius 2 is 2.14 bits per heavy atom. The fourth-order valence-corrected chi connectivity index (χ4v) is 1.13. The average Bonchev–Trinajstić information content (AvgIpc) is 2.01. The van der Waals surface area contributed by atoms with E-state index in [2.05, 4.69) is 14.5 Å². The van der Waals surface area contributed by atoms with Gasteiger partial charge >= 0.3 is 13.8 Å². The van der Waals surface area contributed by atoms with Gasteiger partial charge in [0.05, 0.1) is 5.69 Å². The molecule has 1 heterocycles. The molecule has 0 radical (unpaired) electrons. The molecule has 1 aromatic heterocycles. The first kappa shape index (κ1) is 11.1. The molecule has 7 heteroatoms. The van der Waals surface area contributed by atoms with Crippen molar-refractivity contribution in [2.24, 2.45) is 0 Å². The topological polar surface area (TPSA) is 92.5 Å². The Hall–Kier alpha value is -0.970. The lowest BCUT2D eigenvalue weighted by Crippen LogP contribution is -1.99. The first-order chi connectivity index (χ1) is 6.38. The number of phosphoric acid groups is 1. The summed E-state index contributed by atoms with van der Waals surface area (Å²) in [4.78, 5) is 24.4. The van der Waals surface area contributed by atoms with Gasteiger partial charge in [0.25, 0.3) is 0 Å². The standard InChI is InChI=1S/C7H11N2O4P/c1-5(2)6-3-4-8-7(9-6)13-14(10,11)12/h3-5H,1-2H3,(H2,10,11,12). The summed E-state index contributed by atoms with van der Waals surface area (Å²) in [5, 5.41) is 0. The first-order valence-corrected chi connectivity index (χ1v) is 5.49. The average molecular weight is 218 g/mol. The van der Waals surface area contributed by atoms with E-state index in [9.17, 15) is 4.57 Å². The highest BCUT2D eigenvalue weighted by molar-refractivity contribution is 7.46. The molecular weight excluding hydrogens is 207 g/mol. The summed E-state index contributed by atoms with van der Waals surface area (Å²) in [6, 6.07) is 1.36. The van der Waals surface area contributed by atoms with Gasteiger partial charge in [-0.1, -0.05) is 13.8 Å². The number of hydrogen-bond acceptors (Lipinski definition) is 4. The summed E-state index contributed by atoms with van der Waals surface area (Å²) < 4.78 is 14.7.